The van der Waals surface area contributed by atoms with Crippen LogP contribution in [0.5, 0.6) is 5.75 Å². The maximum Gasteiger partial charge on any atom is 0.325 e. The molecule has 6 nitrogen and oxygen atoms in total. The van der Waals surface area contributed by atoms with E-state index >= 15 is 0 Å². The number of likely N-dealkylation sites (N-methyl/N-ethyl adjacent to an activating group) is 1. The number of rotatable bonds is 6. The zero-order chi connectivity index (χ0) is 11.3. The van der Waals surface area contributed by atoms with Crippen LogP contribution in [-0.2, 0) is 11.3 Å². The summed E-state index contributed by atoms with van der Waals surface area (Å²) in [5, 5.41) is 12.4. The summed E-state index contributed by atoms with van der Waals surface area (Å²) in [4.78, 5) is 12.4. The number of aliphatic carboxylic acids is 1. The Labute approximate surface area is 88.1 Å². The van der Waals surface area contributed by atoms with E-state index in [0.29, 0.717) is 12.4 Å². The molecule has 0 spiro atoms. The van der Waals surface area contributed by atoms with Gasteiger partial charge in [-0.25, -0.2) is 0 Å². The van der Waals surface area contributed by atoms with Gasteiger partial charge in [0.25, 0.3) is 0 Å². The monoisotopic (exact) mass is 213 g/mol. The van der Waals surface area contributed by atoms with Gasteiger partial charge in [-0.2, -0.15) is 5.10 Å². The molecule has 1 N–H and O–H groups in total. The minimum atomic E-state index is -0.919. The maximum absolute atomic E-state index is 10.4. The minimum Gasteiger partial charge on any atom is -0.489 e. The fourth-order valence-electron chi connectivity index (χ4n) is 0.990. The van der Waals surface area contributed by atoms with Gasteiger partial charge in [0, 0.05) is 6.54 Å². The lowest BCUT2D eigenvalue weighted by molar-refractivity contribution is -0.137. The summed E-state index contributed by atoms with van der Waals surface area (Å²) in [6.07, 6.45) is 3.09. The van der Waals surface area contributed by atoms with Gasteiger partial charge in [-0.3, -0.25) is 9.48 Å². The van der Waals surface area contributed by atoms with Gasteiger partial charge in [-0.05, 0) is 14.1 Å². The smallest absolute Gasteiger partial charge is 0.325 e. The molecule has 0 saturated heterocycles. The van der Waals surface area contributed by atoms with Crippen LogP contribution in [-0.4, -0.2) is 53.0 Å². The Morgan fingerprint density at radius 2 is 2.40 bits per heavy atom. The molecule has 0 aliphatic carbocycles. The van der Waals surface area contributed by atoms with Crippen molar-refractivity contribution in [3.8, 4) is 5.75 Å². The molecule has 1 aromatic heterocycles. The van der Waals surface area contributed by atoms with Crippen molar-refractivity contribution in [2.75, 3.05) is 27.2 Å². The predicted octanol–water partition coefficient (Wildman–Crippen LogP) is -0.0919. The molecule has 15 heavy (non-hydrogen) atoms. The van der Waals surface area contributed by atoms with E-state index in [0.717, 1.165) is 6.54 Å². The Bertz CT molecular complexity index is 322. The highest BCUT2D eigenvalue weighted by Gasteiger charge is 2.03. The van der Waals surface area contributed by atoms with Gasteiger partial charge in [0.2, 0.25) is 0 Å². The van der Waals surface area contributed by atoms with E-state index in [1.165, 1.54) is 10.9 Å². The molecule has 1 aromatic rings. The molecule has 0 radical (unpaired) electrons. The number of hydrogen-bond donors (Lipinski definition) is 1. The van der Waals surface area contributed by atoms with Crippen LogP contribution in [0, 0.1) is 0 Å². The number of carbonyl (C=O) groups is 1. The van der Waals surface area contributed by atoms with Crippen LogP contribution in [0.4, 0.5) is 0 Å². The first-order valence-electron chi connectivity index (χ1n) is 4.59. The molecule has 6 heteroatoms. The number of hydrogen-bond acceptors (Lipinski definition) is 4. The van der Waals surface area contributed by atoms with Gasteiger partial charge < -0.3 is 14.7 Å². The molecule has 84 valence electrons. The Kier molecular flexibility index (Phi) is 4.11. The third-order valence-corrected chi connectivity index (χ3v) is 1.71. The molecule has 0 amide bonds. The summed E-state index contributed by atoms with van der Waals surface area (Å²) in [6, 6.07) is 0. The first-order chi connectivity index (χ1) is 7.08. The Morgan fingerprint density at radius 3 is 3.00 bits per heavy atom. The van der Waals surface area contributed by atoms with E-state index in [-0.39, 0.29) is 6.54 Å². The average Bonchev–Trinajstić information content (AvgIpc) is 2.50. The second kappa shape index (κ2) is 5.35. The van der Waals surface area contributed by atoms with E-state index in [4.69, 9.17) is 9.84 Å². The van der Waals surface area contributed by atoms with Crippen LogP contribution in [0.1, 0.15) is 0 Å². The van der Waals surface area contributed by atoms with Crippen molar-refractivity contribution in [3.63, 3.8) is 0 Å². The van der Waals surface area contributed by atoms with E-state index < -0.39 is 5.97 Å². The van der Waals surface area contributed by atoms with Crippen molar-refractivity contribution in [2.24, 2.45) is 0 Å². The predicted molar refractivity (Wildman–Crippen MR) is 53.9 cm³/mol. The average molecular weight is 213 g/mol. The van der Waals surface area contributed by atoms with Crippen LogP contribution in [0.2, 0.25) is 0 Å². The van der Waals surface area contributed by atoms with Crippen molar-refractivity contribution in [2.45, 2.75) is 6.54 Å². The molecule has 0 aliphatic rings. The van der Waals surface area contributed by atoms with Crippen LogP contribution in [0.3, 0.4) is 0 Å². The lowest BCUT2D eigenvalue weighted by Crippen LogP contribution is -2.19. The number of nitrogens with zero attached hydrogens (tertiary/aromatic N) is 3. The zero-order valence-electron chi connectivity index (χ0n) is 8.88. The summed E-state index contributed by atoms with van der Waals surface area (Å²) >= 11 is 0. The molecule has 1 heterocycles. The number of ether oxygens (including phenoxy) is 1. The fraction of sp³-hybridized carbons (Fsp3) is 0.556. The van der Waals surface area contributed by atoms with Crippen molar-refractivity contribution in [3.05, 3.63) is 12.4 Å². The standard InChI is InChI=1S/C9H15N3O3/c1-11(2)3-4-15-8-5-10-12(6-8)7-9(13)14/h5-6H,3-4,7H2,1-2H3,(H,13,14). The highest BCUT2D eigenvalue weighted by molar-refractivity contribution is 5.66. The molecule has 0 unspecified atom stereocenters. The van der Waals surface area contributed by atoms with E-state index in [1.807, 2.05) is 19.0 Å². The molecule has 0 aliphatic heterocycles. The molecule has 0 fully saturated rings. The van der Waals surface area contributed by atoms with Gasteiger partial charge >= 0.3 is 5.97 Å². The van der Waals surface area contributed by atoms with Crippen LogP contribution >= 0.6 is 0 Å². The van der Waals surface area contributed by atoms with Crippen LogP contribution < -0.4 is 4.74 Å². The highest BCUT2D eigenvalue weighted by atomic mass is 16.5. The van der Waals surface area contributed by atoms with Crippen molar-refractivity contribution in [1.82, 2.24) is 14.7 Å². The Morgan fingerprint density at radius 1 is 1.67 bits per heavy atom. The number of aromatic nitrogens is 2. The lowest BCUT2D eigenvalue weighted by Gasteiger charge is -2.09. The second-order valence-electron chi connectivity index (χ2n) is 3.42. The number of carboxylic acid groups (broad SMARTS) is 1. The second-order valence-corrected chi connectivity index (χ2v) is 3.42. The number of carboxylic acids is 1. The first-order valence-corrected chi connectivity index (χ1v) is 4.59. The van der Waals surface area contributed by atoms with Crippen molar-refractivity contribution >= 4 is 5.97 Å². The van der Waals surface area contributed by atoms with Gasteiger partial charge in [-0.15, -0.1) is 0 Å². The normalized spacial score (nSPS) is 10.6. The summed E-state index contributed by atoms with van der Waals surface area (Å²) in [6.45, 7) is 1.23. The Balaban J connectivity index is 2.36. The molecular formula is C9H15N3O3. The third-order valence-electron chi connectivity index (χ3n) is 1.71. The Hall–Kier alpha value is -1.56. The molecule has 0 bridgehead atoms. The van der Waals surface area contributed by atoms with E-state index in [2.05, 4.69) is 5.10 Å². The van der Waals surface area contributed by atoms with E-state index in [1.54, 1.807) is 6.20 Å². The summed E-state index contributed by atoms with van der Waals surface area (Å²) in [5.74, 6) is -0.323. The van der Waals surface area contributed by atoms with Crippen molar-refractivity contribution < 1.29 is 14.6 Å². The molecule has 1 rings (SSSR count). The molecule has 0 aromatic carbocycles. The third kappa shape index (κ3) is 4.46. The maximum atomic E-state index is 10.4. The SMILES string of the molecule is CN(C)CCOc1cnn(CC(=O)O)c1. The zero-order valence-corrected chi connectivity index (χ0v) is 8.88. The molecule has 0 atom stereocenters. The summed E-state index contributed by atoms with van der Waals surface area (Å²) in [7, 11) is 3.91. The van der Waals surface area contributed by atoms with Crippen LogP contribution in [0.25, 0.3) is 0 Å². The van der Waals surface area contributed by atoms with Gasteiger partial charge in [0.1, 0.15) is 13.2 Å². The first kappa shape index (κ1) is 11.5. The highest BCUT2D eigenvalue weighted by Crippen LogP contribution is 2.07. The topological polar surface area (TPSA) is 67.6 Å². The summed E-state index contributed by atoms with van der Waals surface area (Å²) < 4.78 is 6.69. The summed E-state index contributed by atoms with van der Waals surface area (Å²) in [5.41, 5.74) is 0. The quantitative estimate of drug-likeness (QED) is 0.715. The van der Waals surface area contributed by atoms with Crippen LogP contribution in [0.15, 0.2) is 12.4 Å². The van der Waals surface area contributed by atoms with Crippen molar-refractivity contribution in [1.29, 1.82) is 0 Å². The largest absolute Gasteiger partial charge is 0.489 e. The van der Waals surface area contributed by atoms with Gasteiger partial charge in [-0.1, -0.05) is 0 Å². The van der Waals surface area contributed by atoms with Gasteiger partial charge in [0.15, 0.2) is 5.75 Å². The molecular weight excluding hydrogens is 198 g/mol. The fourth-order valence-corrected chi connectivity index (χ4v) is 0.990. The molecule has 0 saturated carbocycles. The lowest BCUT2D eigenvalue weighted by atomic mass is 10.6. The minimum absolute atomic E-state index is 0.142. The van der Waals surface area contributed by atoms with E-state index in [9.17, 15) is 4.79 Å². The van der Waals surface area contributed by atoms with Gasteiger partial charge in [0.05, 0.1) is 12.4 Å².